The number of rotatable bonds is 3. The van der Waals surface area contributed by atoms with Gasteiger partial charge in [0.1, 0.15) is 0 Å². The van der Waals surface area contributed by atoms with Crippen LogP contribution in [0.1, 0.15) is 0 Å². The lowest BCUT2D eigenvalue weighted by Gasteiger charge is -2.19. The van der Waals surface area contributed by atoms with Crippen LogP contribution in [0.5, 0.6) is 0 Å². The molecule has 1 aromatic heterocycles. The first-order valence-corrected chi connectivity index (χ1v) is 8.87. The first-order valence-electron chi connectivity index (χ1n) is 7.53. The van der Waals surface area contributed by atoms with Gasteiger partial charge in [0, 0.05) is 12.4 Å². The smallest absolute Gasteiger partial charge is 0.0893 e. The van der Waals surface area contributed by atoms with E-state index in [4.69, 9.17) is 0 Å². The number of aromatic nitrogens is 2. The Morgan fingerprint density at radius 3 is 1.70 bits per heavy atom. The highest BCUT2D eigenvalue weighted by Crippen LogP contribution is 2.33. The van der Waals surface area contributed by atoms with Crippen LogP contribution in [0.2, 0.25) is 0 Å². The molecule has 23 heavy (non-hydrogen) atoms. The minimum absolute atomic E-state index is 0.587. The van der Waals surface area contributed by atoms with E-state index in [1.54, 1.807) is 12.4 Å². The van der Waals surface area contributed by atoms with E-state index in [-0.39, 0.29) is 0 Å². The maximum Gasteiger partial charge on any atom is 0.0893 e. The molecule has 0 saturated heterocycles. The molecule has 0 aliphatic heterocycles. The molecule has 0 aliphatic rings. The molecule has 0 fully saturated rings. The summed E-state index contributed by atoms with van der Waals surface area (Å²) in [4.78, 5) is 8.83. The fourth-order valence-electron chi connectivity index (χ4n) is 2.69. The van der Waals surface area contributed by atoms with Crippen molar-refractivity contribution in [1.29, 1.82) is 0 Å². The van der Waals surface area contributed by atoms with Gasteiger partial charge in [-0.1, -0.05) is 66.7 Å². The van der Waals surface area contributed by atoms with Crippen LogP contribution < -0.4 is 15.9 Å². The lowest BCUT2D eigenvalue weighted by atomic mass is 10.3. The van der Waals surface area contributed by atoms with Crippen LogP contribution in [0.3, 0.4) is 0 Å². The normalized spacial score (nSPS) is 11.0. The summed E-state index contributed by atoms with van der Waals surface area (Å²) in [6.45, 7) is 0. The molecule has 0 unspecified atom stereocenters. The second-order valence-corrected chi connectivity index (χ2v) is 7.46. The van der Waals surface area contributed by atoms with Crippen molar-refractivity contribution in [3.63, 3.8) is 0 Å². The second-order valence-electron chi connectivity index (χ2n) is 5.24. The van der Waals surface area contributed by atoms with Crippen molar-refractivity contribution in [2.75, 3.05) is 0 Å². The highest BCUT2D eigenvalue weighted by atomic mass is 31.1. The molecule has 2 nitrogen and oxygen atoms in total. The third-order valence-electron chi connectivity index (χ3n) is 3.74. The van der Waals surface area contributed by atoms with Gasteiger partial charge in [-0.05, 0) is 36.0 Å². The fourth-order valence-corrected chi connectivity index (χ4v) is 5.00. The zero-order valence-corrected chi connectivity index (χ0v) is 13.4. The van der Waals surface area contributed by atoms with E-state index < -0.39 is 7.92 Å². The first-order chi connectivity index (χ1) is 11.4. The molecular formula is C20H15N2P. The second kappa shape index (κ2) is 6.28. The van der Waals surface area contributed by atoms with Crippen molar-refractivity contribution in [2.24, 2.45) is 0 Å². The van der Waals surface area contributed by atoms with Gasteiger partial charge >= 0.3 is 0 Å². The summed E-state index contributed by atoms with van der Waals surface area (Å²) in [6, 6.07) is 27.8. The maximum atomic E-state index is 4.46. The highest BCUT2D eigenvalue weighted by molar-refractivity contribution is 7.79. The Hall–Kier alpha value is -2.57. The summed E-state index contributed by atoms with van der Waals surface area (Å²) in [5, 5.41) is 3.99. The number of hydrogen-bond donors (Lipinski definition) is 0. The van der Waals surface area contributed by atoms with Gasteiger partial charge in [0.25, 0.3) is 0 Å². The SMILES string of the molecule is c1ccc(P(c2ccccc2)c2ccc3nccnc3c2)cc1. The van der Waals surface area contributed by atoms with E-state index in [0.29, 0.717) is 0 Å². The van der Waals surface area contributed by atoms with Gasteiger partial charge in [0.15, 0.2) is 0 Å². The molecule has 0 spiro atoms. The van der Waals surface area contributed by atoms with E-state index in [1.165, 1.54) is 15.9 Å². The van der Waals surface area contributed by atoms with Crippen LogP contribution in [0.4, 0.5) is 0 Å². The molecule has 0 N–H and O–H groups in total. The molecule has 3 heteroatoms. The fraction of sp³-hybridized carbons (Fsp3) is 0. The Balaban J connectivity index is 1.90. The number of nitrogens with zero attached hydrogens (tertiary/aromatic N) is 2. The number of fused-ring (bicyclic) bond motifs is 1. The Kier molecular flexibility index (Phi) is 3.83. The zero-order valence-electron chi connectivity index (χ0n) is 12.5. The number of hydrogen-bond acceptors (Lipinski definition) is 2. The molecule has 3 aromatic carbocycles. The van der Waals surface area contributed by atoms with Gasteiger partial charge in [-0.2, -0.15) is 0 Å². The van der Waals surface area contributed by atoms with Gasteiger partial charge in [-0.15, -0.1) is 0 Å². The standard InChI is InChI=1S/C20H15N2P/c1-3-7-16(8-4-1)23(17-9-5-2-6-10-17)18-11-12-19-20(15-18)22-14-13-21-19/h1-15H. The summed E-state index contributed by atoms with van der Waals surface area (Å²) in [7, 11) is -0.587. The van der Waals surface area contributed by atoms with Crippen LogP contribution in [0, 0.1) is 0 Å². The molecule has 4 aromatic rings. The summed E-state index contributed by atoms with van der Waals surface area (Å²) >= 11 is 0. The van der Waals surface area contributed by atoms with Gasteiger partial charge < -0.3 is 0 Å². The molecule has 4 rings (SSSR count). The van der Waals surface area contributed by atoms with Crippen molar-refractivity contribution in [3.05, 3.63) is 91.3 Å². The Bertz CT molecular complexity index is 884. The van der Waals surface area contributed by atoms with Crippen molar-refractivity contribution in [3.8, 4) is 0 Å². The van der Waals surface area contributed by atoms with Crippen LogP contribution in [0.15, 0.2) is 91.3 Å². The predicted molar refractivity (Wildman–Crippen MR) is 98.2 cm³/mol. The van der Waals surface area contributed by atoms with E-state index in [1.807, 2.05) is 0 Å². The Morgan fingerprint density at radius 2 is 1.09 bits per heavy atom. The Morgan fingerprint density at radius 1 is 0.522 bits per heavy atom. The molecule has 0 amide bonds. The molecular weight excluding hydrogens is 299 g/mol. The molecule has 1 heterocycles. The van der Waals surface area contributed by atoms with Crippen molar-refractivity contribution < 1.29 is 0 Å². The lowest BCUT2D eigenvalue weighted by Crippen LogP contribution is -2.20. The van der Waals surface area contributed by atoms with Gasteiger partial charge in [0.05, 0.1) is 11.0 Å². The van der Waals surface area contributed by atoms with Crippen LogP contribution in [0.25, 0.3) is 11.0 Å². The van der Waals surface area contributed by atoms with Crippen LogP contribution in [-0.2, 0) is 0 Å². The maximum absolute atomic E-state index is 4.46. The van der Waals surface area contributed by atoms with E-state index in [0.717, 1.165) is 11.0 Å². The van der Waals surface area contributed by atoms with Crippen molar-refractivity contribution in [1.82, 2.24) is 9.97 Å². The molecule has 110 valence electrons. The molecule has 0 radical (unpaired) electrons. The van der Waals surface area contributed by atoms with Gasteiger partial charge in [-0.25, -0.2) is 0 Å². The molecule has 0 bridgehead atoms. The third kappa shape index (κ3) is 2.86. The summed E-state index contributed by atoms with van der Waals surface area (Å²) < 4.78 is 0. The molecule has 0 aliphatic carbocycles. The van der Waals surface area contributed by atoms with E-state index >= 15 is 0 Å². The third-order valence-corrected chi connectivity index (χ3v) is 6.16. The van der Waals surface area contributed by atoms with Crippen molar-refractivity contribution in [2.45, 2.75) is 0 Å². The van der Waals surface area contributed by atoms with E-state index in [9.17, 15) is 0 Å². The lowest BCUT2D eigenvalue weighted by molar-refractivity contribution is 1.30. The minimum atomic E-state index is -0.587. The van der Waals surface area contributed by atoms with Gasteiger partial charge in [0.2, 0.25) is 0 Å². The summed E-state index contributed by atoms with van der Waals surface area (Å²) in [6.07, 6.45) is 3.48. The number of benzene rings is 3. The van der Waals surface area contributed by atoms with Crippen molar-refractivity contribution >= 4 is 34.9 Å². The quantitative estimate of drug-likeness (QED) is 0.542. The summed E-state index contributed by atoms with van der Waals surface area (Å²) in [5.74, 6) is 0. The first kappa shape index (κ1) is 14.0. The minimum Gasteiger partial charge on any atom is -0.253 e. The average Bonchev–Trinajstić information content (AvgIpc) is 2.64. The topological polar surface area (TPSA) is 25.8 Å². The van der Waals surface area contributed by atoms with E-state index in [2.05, 4.69) is 88.8 Å². The van der Waals surface area contributed by atoms with Crippen LogP contribution in [-0.4, -0.2) is 9.97 Å². The van der Waals surface area contributed by atoms with Gasteiger partial charge in [-0.3, -0.25) is 9.97 Å². The average molecular weight is 314 g/mol. The predicted octanol–water partition coefficient (Wildman–Crippen LogP) is 3.39. The van der Waals surface area contributed by atoms with Crippen LogP contribution >= 0.6 is 7.92 Å². The molecule has 0 saturated carbocycles. The summed E-state index contributed by atoms with van der Waals surface area (Å²) in [5.41, 5.74) is 1.89. The Labute approximate surface area is 136 Å². The monoisotopic (exact) mass is 314 g/mol. The largest absolute Gasteiger partial charge is 0.253 e. The zero-order chi connectivity index (χ0) is 15.5. The molecule has 0 atom stereocenters. The highest BCUT2D eigenvalue weighted by Gasteiger charge is 2.16.